The van der Waals surface area contributed by atoms with Crippen molar-refractivity contribution in [3.05, 3.63) is 35.8 Å². The minimum atomic E-state index is -3.77. The number of benzene rings is 1. The number of sulfonamides is 1. The lowest BCUT2D eigenvalue weighted by Crippen LogP contribution is -2.16. The Kier molecular flexibility index (Phi) is 4.76. The van der Waals surface area contributed by atoms with Crippen LogP contribution in [-0.4, -0.2) is 25.1 Å². The van der Waals surface area contributed by atoms with Crippen molar-refractivity contribution >= 4 is 44.7 Å². The summed E-state index contributed by atoms with van der Waals surface area (Å²) in [5, 5.41) is 9.47. The second-order valence-electron chi connectivity index (χ2n) is 3.71. The van der Waals surface area contributed by atoms with Crippen LogP contribution in [0.3, 0.4) is 0 Å². The Morgan fingerprint density at radius 3 is 2.90 bits per heavy atom. The Balaban J connectivity index is 1.97. The highest BCUT2D eigenvalue weighted by atomic mass is 32.2. The number of amides is 1. The highest BCUT2D eigenvalue weighted by molar-refractivity contribution is 8.01. The van der Waals surface area contributed by atoms with Crippen LogP contribution in [0.5, 0.6) is 0 Å². The molecule has 6 nitrogen and oxygen atoms in total. The molecule has 0 aliphatic heterocycles. The van der Waals surface area contributed by atoms with Crippen LogP contribution in [0.25, 0.3) is 0 Å². The van der Waals surface area contributed by atoms with Crippen LogP contribution in [0, 0.1) is 0 Å². The Hall–Kier alpha value is -1.42. The minimum absolute atomic E-state index is 0.0390. The summed E-state index contributed by atoms with van der Waals surface area (Å²) in [6, 6.07) is 5.81. The van der Waals surface area contributed by atoms with Gasteiger partial charge in [0, 0.05) is 17.3 Å². The standard InChI is InChI=1S/C11H11N3O3S3/c12-20(16,17)9-3-1-2-8(6-9)14-10(15)7-19-11-13-4-5-18-11/h1-6H,7H2,(H,14,15)(H2,12,16,17). The molecule has 0 spiro atoms. The van der Waals surface area contributed by atoms with Crippen molar-refractivity contribution in [3.8, 4) is 0 Å². The molecule has 2 rings (SSSR count). The SMILES string of the molecule is NS(=O)(=O)c1cccc(NC(=O)CSc2nccs2)c1. The number of thioether (sulfide) groups is 1. The molecule has 0 unspecified atom stereocenters. The van der Waals surface area contributed by atoms with Gasteiger partial charge in [0.1, 0.15) is 4.34 Å². The smallest absolute Gasteiger partial charge is 0.238 e. The van der Waals surface area contributed by atoms with Crippen molar-refractivity contribution in [3.63, 3.8) is 0 Å². The Labute approximate surface area is 124 Å². The molecular weight excluding hydrogens is 318 g/mol. The van der Waals surface area contributed by atoms with E-state index in [4.69, 9.17) is 5.14 Å². The Bertz CT molecular complexity index is 699. The largest absolute Gasteiger partial charge is 0.325 e. The average Bonchev–Trinajstić information content (AvgIpc) is 2.89. The van der Waals surface area contributed by atoms with Crippen LogP contribution in [0.4, 0.5) is 5.69 Å². The Morgan fingerprint density at radius 1 is 1.45 bits per heavy atom. The monoisotopic (exact) mass is 329 g/mol. The van der Waals surface area contributed by atoms with E-state index in [-0.39, 0.29) is 16.6 Å². The molecule has 0 atom stereocenters. The van der Waals surface area contributed by atoms with Crippen LogP contribution in [0.15, 0.2) is 45.1 Å². The minimum Gasteiger partial charge on any atom is -0.325 e. The summed E-state index contributed by atoms with van der Waals surface area (Å²) in [4.78, 5) is 15.7. The number of thiazole rings is 1. The average molecular weight is 329 g/mol. The van der Waals surface area contributed by atoms with E-state index in [9.17, 15) is 13.2 Å². The summed E-state index contributed by atoms with van der Waals surface area (Å²) in [6.07, 6.45) is 1.67. The molecule has 9 heteroatoms. The van der Waals surface area contributed by atoms with Gasteiger partial charge in [-0.05, 0) is 18.2 Å². The van der Waals surface area contributed by atoms with Gasteiger partial charge in [-0.1, -0.05) is 17.8 Å². The van der Waals surface area contributed by atoms with Crippen molar-refractivity contribution in [2.24, 2.45) is 5.14 Å². The van der Waals surface area contributed by atoms with E-state index in [1.165, 1.54) is 41.3 Å². The fourth-order valence-corrected chi connectivity index (χ4v) is 3.35. The molecule has 0 bridgehead atoms. The number of carbonyl (C=O) groups excluding carboxylic acids is 1. The van der Waals surface area contributed by atoms with Crippen LogP contribution >= 0.6 is 23.1 Å². The van der Waals surface area contributed by atoms with Gasteiger partial charge in [0.2, 0.25) is 15.9 Å². The predicted molar refractivity (Wildman–Crippen MR) is 79.3 cm³/mol. The molecule has 0 fully saturated rings. The lowest BCUT2D eigenvalue weighted by Gasteiger charge is -2.05. The lowest BCUT2D eigenvalue weighted by atomic mass is 10.3. The van der Waals surface area contributed by atoms with E-state index >= 15 is 0 Å². The highest BCUT2D eigenvalue weighted by Crippen LogP contribution is 2.20. The maximum atomic E-state index is 11.7. The van der Waals surface area contributed by atoms with Gasteiger partial charge in [0.15, 0.2) is 0 Å². The summed E-state index contributed by atoms with van der Waals surface area (Å²) in [5.74, 6) is -0.0376. The highest BCUT2D eigenvalue weighted by Gasteiger charge is 2.10. The van der Waals surface area contributed by atoms with Gasteiger partial charge in [-0.15, -0.1) is 11.3 Å². The number of rotatable bonds is 5. The first kappa shape index (κ1) is 15.0. The van der Waals surface area contributed by atoms with Crippen molar-refractivity contribution in [2.75, 3.05) is 11.1 Å². The third-order valence-corrected chi connectivity index (χ3v) is 5.06. The van der Waals surface area contributed by atoms with Gasteiger partial charge >= 0.3 is 0 Å². The number of carbonyl (C=O) groups is 1. The summed E-state index contributed by atoms with van der Waals surface area (Å²) in [5.41, 5.74) is 0.390. The van der Waals surface area contributed by atoms with E-state index in [0.29, 0.717) is 5.69 Å². The molecule has 1 amide bonds. The molecule has 20 heavy (non-hydrogen) atoms. The summed E-state index contributed by atoms with van der Waals surface area (Å²) >= 11 is 2.77. The maximum absolute atomic E-state index is 11.7. The van der Waals surface area contributed by atoms with E-state index in [0.717, 1.165) is 4.34 Å². The maximum Gasteiger partial charge on any atom is 0.238 e. The summed E-state index contributed by atoms with van der Waals surface area (Å²) in [7, 11) is -3.77. The number of hydrogen-bond acceptors (Lipinski definition) is 6. The first-order valence-electron chi connectivity index (χ1n) is 5.40. The summed E-state index contributed by atoms with van der Waals surface area (Å²) < 4.78 is 23.2. The van der Waals surface area contributed by atoms with Crippen LogP contribution in [-0.2, 0) is 14.8 Å². The summed E-state index contributed by atoms with van der Waals surface area (Å²) in [6.45, 7) is 0. The van der Waals surface area contributed by atoms with Gasteiger partial charge in [0.25, 0.3) is 0 Å². The number of anilines is 1. The van der Waals surface area contributed by atoms with E-state index in [1.807, 2.05) is 5.38 Å². The van der Waals surface area contributed by atoms with Crippen molar-refractivity contribution < 1.29 is 13.2 Å². The lowest BCUT2D eigenvalue weighted by molar-refractivity contribution is -0.113. The Morgan fingerprint density at radius 2 is 2.25 bits per heavy atom. The normalized spacial score (nSPS) is 11.2. The van der Waals surface area contributed by atoms with Crippen molar-refractivity contribution in [2.45, 2.75) is 9.24 Å². The third-order valence-electron chi connectivity index (χ3n) is 2.18. The fraction of sp³-hybridized carbons (Fsp3) is 0.0909. The fourth-order valence-electron chi connectivity index (χ4n) is 1.36. The number of hydrogen-bond donors (Lipinski definition) is 2. The number of nitrogens with one attached hydrogen (secondary N) is 1. The molecule has 0 radical (unpaired) electrons. The molecule has 1 aromatic carbocycles. The van der Waals surface area contributed by atoms with Crippen LogP contribution < -0.4 is 10.5 Å². The van der Waals surface area contributed by atoms with Crippen LogP contribution in [0.1, 0.15) is 0 Å². The van der Waals surface area contributed by atoms with E-state index in [1.54, 1.807) is 12.3 Å². The van der Waals surface area contributed by atoms with Gasteiger partial charge in [-0.3, -0.25) is 4.79 Å². The van der Waals surface area contributed by atoms with Gasteiger partial charge in [0.05, 0.1) is 10.6 Å². The number of aromatic nitrogens is 1. The number of nitrogens with zero attached hydrogens (tertiary/aromatic N) is 1. The van der Waals surface area contributed by atoms with Crippen LogP contribution in [0.2, 0.25) is 0 Å². The van der Waals surface area contributed by atoms with Gasteiger partial charge in [-0.2, -0.15) is 0 Å². The van der Waals surface area contributed by atoms with Crippen molar-refractivity contribution in [1.29, 1.82) is 0 Å². The van der Waals surface area contributed by atoms with Gasteiger partial charge < -0.3 is 5.32 Å². The molecular formula is C11H11N3O3S3. The number of nitrogens with two attached hydrogens (primary N) is 1. The predicted octanol–water partition coefficient (Wildman–Crippen LogP) is 1.52. The van der Waals surface area contributed by atoms with Gasteiger partial charge in [-0.25, -0.2) is 18.5 Å². The molecule has 0 saturated carbocycles. The number of primary sulfonamides is 1. The second-order valence-corrected chi connectivity index (χ2v) is 7.39. The molecule has 3 N–H and O–H groups in total. The van der Waals surface area contributed by atoms with E-state index < -0.39 is 10.0 Å². The molecule has 0 aliphatic carbocycles. The third kappa shape index (κ3) is 4.30. The molecule has 0 saturated heterocycles. The topological polar surface area (TPSA) is 102 Å². The zero-order chi connectivity index (χ0) is 14.6. The molecule has 1 heterocycles. The molecule has 106 valence electrons. The molecule has 0 aliphatic rings. The zero-order valence-electron chi connectivity index (χ0n) is 10.1. The van der Waals surface area contributed by atoms with Crippen molar-refractivity contribution in [1.82, 2.24) is 4.98 Å². The van der Waals surface area contributed by atoms with E-state index in [2.05, 4.69) is 10.3 Å². The first-order valence-corrected chi connectivity index (χ1v) is 8.81. The molecule has 2 aromatic rings. The first-order chi connectivity index (χ1) is 9.45. The quantitative estimate of drug-likeness (QED) is 0.810. The second kappa shape index (κ2) is 6.35. The zero-order valence-corrected chi connectivity index (χ0v) is 12.6. The molecule has 1 aromatic heterocycles.